The van der Waals surface area contributed by atoms with E-state index < -0.39 is 11.9 Å². The van der Waals surface area contributed by atoms with Gasteiger partial charge in [-0.2, -0.15) is 5.10 Å². The van der Waals surface area contributed by atoms with E-state index in [9.17, 15) is 9.59 Å². The van der Waals surface area contributed by atoms with Crippen LogP contribution in [-0.2, 0) is 11.3 Å². The third-order valence-electron chi connectivity index (χ3n) is 5.86. The molecule has 4 aromatic rings. The fraction of sp³-hybridized carbons (Fsp3) is 0.179. The molecule has 1 heterocycles. The number of aromatic nitrogens is 1. The Balaban J connectivity index is 1.49. The van der Waals surface area contributed by atoms with E-state index in [1.54, 1.807) is 36.5 Å². The Bertz CT molecular complexity index is 1480. The van der Waals surface area contributed by atoms with Crippen LogP contribution in [0.3, 0.4) is 0 Å². The zero-order chi connectivity index (χ0) is 26.5. The number of hydrogen-bond donors (Lipinski definition) is 2. The summed E-state index contributed by atoms with van der Waals surface area (Å²) < 4.78 is 2.08. The standard InChI is InChI=1S/C28H25Cl3N4O2/c1-17(2)26(33-27(36)19-6-5-7-21(29)13-19)28(37)34-32-14-20-16-35(25-9-4-3-8-22(20)25)15-18-10-11-23(30)24(31)12-18/h3-14,16-17,26H,15H2,1-2H3,(H,33,36)(H,34,37). The summed E-state index contributed by atoms with van der Waals surface area (Å²) in [5, 5.41) is 9.39. The summed E-state index contributed by atoms with van der Waals surface area (Å²) in [5.74, 6) is -0.960. The van der Waals surface area contributed by atoms with E-state index in [1.807, 2.05) is 56.4 Å². The van der Waals surface area contributed by atoms with Gasteiger partial charge in [-0.25, -0.2) is 5.43 Å². The second kappa shape index (κ2) is 11.8. The van der Waals surface area contributed by atoms with E-state index in [1.165, 1.54) is 0 Å². The van der Waals surface area contributed by atoms with E-state index >= 15 is 0 Å². The second-order valence-corrected chi connectivity index (χ2v) is 10.2. The molecule has 0 aliphatic heterocycles. The van der Waals surface area contributed by atoms with Crippen molar-refractivity contribution in [2.24, 2.45) is 11.0 Å². The third-order valence-corrected chi connectivity index (χ3v) is 6.83. The Morgan fingerprint density at radius 3 is 2.49 bits per heavy atom. The smallest absolute Gasteiger partial charge is 0.262 e. The van der Waals surface area contributed by atoms with Gasteiger partial charge in [-0.3, -0.25) is 9.59 Å². The van der Waals surface area contributed by atoms with Gasteiger partial charge in [0, 0.05) is 39.8 Å². The highest BCUT2D eigenvalue weighted by Gasteiger charge is 2.24. The van der Waals surface area contributed by atoms with Gasteiger partial charge in [-0.15, -0.1) is 0 Å². The van der Waals surface area contributed by atoms with Crippen molar-refractivity contribution in [2.75, 3.05) is 0 Å². The molecule has 0 spiro atoms. The monoisotopic (exact) mass is 554 g/mol. The molecule has 0 radical (unpaired) electrons. The largest absolute Gasteiger partial charge is 0.342 e. The number of hydrazone groups is 1. The van der Waals surface area contributed by atoms with Gasteiger partial charge in [0.05, 0.1) is 16.3 Å². The molecule has 0 aliphatic rings. The van der Waals surface area contributed by atoms with Gasteiger partial charge in [0.2, 0.25) is 0 Å². The van der Waals surface area contributed by atoms with Gasteiger partial charge in [0.1, 0.15) is 6.04 Å². The summed E-state index contributed by atoms with van der Waals surface area (Å²) >= 11 is 18.2. The SMILES string of the molecule is CC(C)C(NC(=O)c1cccc(Cl)c1)C(=O)NN=Cc1cn(Cc2ccc(Cl)c(Cl)c2)c2ccccc12. The van der Waals surface area contributed by atoms with Gasteiger partial charge in [0.25, 0.3) is 11.8 Å². The van der Waals surface area contributed by atoms with Crippen LogP contribution in [-0.4, -0.2) is 28.6 Å². The number of halogens is 3. The molecule has 0 saturated heterocycles. The molecule has 2 N–H and O–H groups in total. The molecule has 6 nitrogen and oxygen atoms in total. The van der Waals surface area contributed by atoms with E-state index in [2.05, 4.69) is 20.4 Å². The first-order valence-electron chi connectivity index (χ1n) is 11.6. The van der Waals surface area contributed by atoms with Crippen molar-refractivity contribution in [3.05, 3.63) is 105 Å². The predicted molar refractivity (Wildman–Crippen MR) is 151 cm³/mol. The number of hydrogen-bond acceptors (Lipinski definition) is 3. The number of para-hydroxylation sites is 1. The number of rotatable bonds is 8. The van der Waals surface area contributed by atoms with Gasteiger partial charge < -0.3 is 9.88 Å². The maximum Gasteiger partial charge on any atom is 0.262 e. The minimum atomic E-state index is -0.778. The Morgan fingerprint density at radius 2 is 1.76 bits per heavy atom. The predicted octanol–water partition coefficient (Wildman–Crippen LogP) is 6.55. The Labute approximate surface area is 230 Å². The van der Waals surface area contributed by atoms with Crippen molar-refractivity contribution in [3.63, 3.8) is 0 Å². The summed E-state index contributed by atoms with van der Waals surface area (Å²) in [6.07, 6.45) is 3.56. The van der Waals surface area contributed by atoms with Crippen LogP contribution in [0.25, 0.3) is 10.9 Å². The van der Waals surface area contributed by atoms with E-state index in [0.717, 1.165) is 22.0 Å². The third kappa shape index (κ3) is 6.52. The number of benzene rings is 3. The van der Waals surface area contributed by atoms with Crippen molar-refractivity contribution < 1.29 is 9.59 Å². The first-order valence-corrected chi connectivity index (χ1v) is 12.8. The zero-order valence-corrected chi connectivity index (χ0v) is 22.5. The average molecular weight is 556 g/mol. The van der Waals surface area contributed by atoms with Crippen LogP contribution in [0.4, 0.5) is 0 Å². The van der Waals surface area contributed by atoms with Gasteiger partial charge >= 0.3 is 0 Å². The number of carbonyl (C=O) groups excluding carboxylic acids is 2. The molecule has 9 heteroatoms. The molecule has 0 fully saturated rings. The van der Waals surface area contributed by atoms with Crippen LogP contribution >= 0.6 is 34.8 Å². The van der Waals surface area contributed by atoms with Crippen molar-refractivity contribution >= 4 is 63.7 Å². The van der Waals surface area contributed by atoms with Crippen LogP contribution in [0.2, 0.25) is 15.1 Å². The second-order valence-electron chi connectivity index (χ2n) is 8.92. The zero-order valence-electron chi connectivity index (χ0n) is 20.2. The number of nitrogens with one attached hydrogen (secondary N) is 2. The molecule has 2 amide bonds. The molecule has 1 aromatic heterocycles. The number of nitrogens with zero attached hydrogens (tertiary/aromatic N) is 2. The van der Waals surface area contributed by atoms with Crippen LogP contribution < -0.4 is 10.7 Å². The van der Waals surface area contributed by atoms with Crippen LogP contribution in [0.15, 0.2) is 78.0 Å². The molecule has 1 unspecified atom stereocenters. The maximum absolute atomic E-state index is 12.9. The molecule has 3 aromatic carbocycles. The van der Waals surface area contributed by atoms with Gasteiger partial charge in [-0.1, -0.05) is 79.0 Å². The summed E-state index contributed by atoms with van der Waals surface area (Å²) in [4.78, 5) is 25.5. The topological polar surface area (TPSA) is 75.5 Å². The summed E-state index contributed by atoms with van der Waals surface area (Å²) in [5.41, 5.74) is 5.79. The highest BCUT2D eigenvalue weighted by Crippen LogP contribution is 2.25. The van der Waals surface area contributed by atoms with Gasteiger partial charge in [-0.05, 0) is 47.9 Å². The lowest BCUT2D eigenvalue weighted by Gasteiger charge is -2.20. The maximum atomic E-state index is 12.9. The van der Waals surface area contributed by atoms with E-state index in [0.29, 0.717) is 27.2 Å². The molecular formula is C28H25Cl3N4O2. The Morgan fingerprint density at radius 1 is 0.973 bits per heavy atom. The number of carbonyl (C=O) groups is 2. The molecular weight excluding hydrogens is 531 g/mol. The molecule has 1 atom stereocenters. The Kier molecular flexibility index (Phi) is 8.54. The summed E-state index contributed by atoms with van der Waals surface area (Å²) in [6, 6.07) is 19.3. The lowest BCUT2D eigenvalue weighted by Crippen LogP contribution is -2.48. The van der Waals surface area contributed by atoms with Crippen molar-refractivity contribution in [3.8, 4) is 0 Å². The lowest BCUT2D eigenvalue weighted by atomic mass is 10.0. The average Bonchev–Trinajstić information content (AvgIpc) is 3.21. The highest BCUT2D eigenvalue weighted by atomic mass is 35.5. The first kappa shape index (κ1) is 26.7. The van der Waals surface area contributed by atoms with Crippen molar-refractivity contribution in [2.45, 2.75) is 26.4 Å². The summed E-state index contributed by atoms with van der Waals surface area (Å²) in [7, 11) is 0. The van der Waals surface area contributed by atoms with Gasteiger partial charge in [0.15, 0.2) is 0 Å². The van der Waals surface area contributed by atoms with E-state index in [4.69, 9.17) is 34.8 Å². The minimum Gasteiger partial charge on any atom is -0.342 e. The number of amides is 2. The molecule has 190 valence electrons. The normalized spacial score (nSPS) is 12.3. The molecule has 0 aliphatic carbocycles. The van der Waals surface area contributed by atoms with Crippen LogP contribution in [0.1, 0.15) is 35.3 Å². The van der Waals surface area contributed by atoms with Crippen LogP contribution in [0, 0.1) is 5.92 Å². The highest BCUT2D eigenvalue weighted by molar-refractivity contribution is 6.42. The quantitative estimate of drug-likeness (QED) is 0.191. The number of fused-ring (bicyclic) bond motifs is 1. The van der Waals surface area contributed by atoms with E-state index in [-0.39, 0.29) is 11.8 Å². The van der Waals surface area contributed by atoms with Crippen molar-refractivity contribution in [1.82, 2.24) is 15.3 Å². The molecule has 4 rings (SSSR count). The lowest BCUT2D eigenvalue weighted by molar-refractivity contribution is -0.123. The Hall–Kier alpha value is -3.32. The molecule has 0 bridgehead atoms. The first-order chi connectivity index (χ1) is 17.7. The minimum absolute atomic E-state index is 0.161. The fourth-order valence-electron chi connectivity index (χ4n) is 3.97. The molecule has 0 saturated carbocycles. The van der Waals surface area contributed by atoms with Crippen LogP contribution in [0.5, 0.6) is 0 Å². The fourth-order valence-corrected chi connectivity index (χ4v) is 4.48. The van der Waals surface area contributed by atoms with Crippen molar-refractivity contribution in [1.29, 1.82) is 0 Å². The summed E-state index contributed by atoms with van der Waals surface area (Å²) in [6.45, 7) is 4.29. The molecule has 37 heavy (non-hydrogen) atoms.